The Labute approximate surface area is 113 Å². The zero-order valence-electron chi connectivity index (χ0n) is 11.1. The average molecular weight is 263 g/mol. The maximum absolute atomic E-state index is 4.90. The van der Waals surface area contributed by atoms with Crippen LogP contribution in [0.2, 0.25) is 0 Å². The molecule has 3 heterocycles. The molecule has 4 heteroatoms. The molecule has 1 spiro atoms. The van der Waals surface area contributed by atoms with Gasteiger partial charge in [0, 0.05) is 36.5 Å². The van der Waals surface area contributed by atoms with Crippen LogP contribution in [0.1, 0.15) is 36.8 Å². The summed E-state index contributed by atoms with van der Waals surface area (Å²) in [6, 6.07) is 0. The molecular formula is C14H21N3S. The second-order valence-corrected chi connectivity index (χ2v) is 7.26. The SMILES string of the molecule is CCN1CCc2sc(N3CC4(CCC4)C3)nc2C1. The molecule has 0 N–H and O–H groups in total. The number of anilines is 1. The first-order valence-corrected chi connectivity index (χ1v) is 8.06. The van der Waals surface area contributed by atoms with Crippen LogP contribution in [0.25, 0.3) is 0 Å². The van der Waals surface area contributed by atoms with E-state index in [0.29, 0.717) is 5.41 Å². The molecule has 1 aromatic rings. The lowest BCUT2D eigenvalue weighted by Crippen LogP contribution is -2.59. The van der Waals surface area contributed by atoms with Crippen molar-refractivity contribution in [3.8, 4) is 0 Å². The van der Waals surface area contributed by atoms with Gasteiger partial charge in [-0.1, -0.05) is 13.3 Å². The van der Waals surface area contributed by atoms with Crippen LogP contribution in [-0.4, -0.2) is 36.1 Å². The fourth-order valence-electron chi connectivity index (χ4n) is 3.54. The molecule has 98 valence electrons. The van der Waals surface area contributed by atoms with Gasteiger partial charge in [0.15, 0.2) is 5.13 Å². The van der Waals surface area contributed by atoms with Crippen molar-refractivity contribution in [2.45, 2.75) is 39.2 Å². The van der Waals surface area contributed by atoms with Crippen LogP contribution in [-0.2, 0) is 13.0 Å². The lowest BCUT2D eigenvalue weighted by Gasteiger charge is -2.55. The minimum Gasteiger partial charge on any atom is -0.347 e. The number of likely N-dealkylation sites (N-methyl/N-ethyl adjacent to an activating group) is 1. The van der Waals surface area contributed by atoms with Crippen molar-refractivity contribution >= 4 is 16.5 Å². The van der Waals surface area contributed by atoms with E-state index in [4.69, 9.17) is 4.98 Å². The maximum Gasteiger partial charge on any atom is 0.185 e. The number of fused-ring (bicyclic) bond motifs is 1. The third-order valence-corrected chi connectivity index (χ3v) is 6.20. The van der Waals surface area contributed by atoms with Gasteiger partial charge in [0.25, 0.3) is 0 Å². The zero-order valence-corrected chi connectivity index (χ0v) is 11.9. The van der Waals surface area contributed by atoms with E-state index in [1.165, 1.54) is 56.1 Å². The first-order chi connectivity index (χ1) is 8.78. The molecule has 1 aromatic heterocycles. The van der Waals surface area contributed by atoms with Crippen molar-refractivity contribution in [2.75, 3.05) is 31.1 Å². The van der Waals surface area contributed by atoms with Gasteiger partial charge < -0.3 is 4.90 Å². The van der Waals surface area contributed by atoms with Gasteiger partial charge in [0.2, 0.25) is 0 Å². The second-order valence-electron chi connectivity index (χ2n) is 6.19. The normalized spacial score (nSPS) is 25.7. The molecule has 1 saturated heterocycles. The number of rotatable bonds is 2. The van der Waals surface area contributed by atoms with E-state index in [2.05, 4.69) is 16.7 Å². The molecule has 3 nitrogen and oxygen atoms in total. The van der Waals surface area contributed by atoms with E-state index >= 15 is 0 Å². The molecule has 0 amide bonds. The zero-order chi connectivity index (χ0) is 12.2. The van der Waals surface area contributed by atoms with Gasteiger partial charge in [-0.3, -0.25) is 4.90 Å². The highest BCUT2D eigenvalue weighted by molar-refractivity contribution is 7.15. The monoisotopic (exact) mass is 263 g/mol. The summed E-state index contributed by atoms with van der Waals surface area (Å²) < 4.78 is 0. The van der Waals surface area contributed by atoms with Crippen LogP contribution in [0, 0.1) is 5.41 Å². The molecule has 4 rings (SSSR count). The fourth-order valence-corrected chi connectivity index (χ4v) is 4.59. The van der Waals surface area contributed by atoms with Crippen LogP contribution in [0.15, 0.2) is 0 Å². The highest BCUT2D eigenvalue weighted by Gasteiger charge is 2.48. The summed E-state index contributed by atoms with van der Waals surface area (Å²) in [6.07, 6.45) is 5.57. The van der Waals surface area contributed by atoms with Gasteiger partial charge in [-0.05, 0) is 25.8 Å². The molecule has 3 aliphatic rings. The number of thiazole rings is 1. The van der Waals surface area contributed by atoms with Gasteiger partial charge in [-0.25, -0.2) is 4.98 Å². The number of hydrogen-bond donors (Lipinski definition) is 0. The third kappa shape index (κ3) is 1.62. The molecule has 0 bridgehead atoms. The van der Waals surface area contributed by atoms with Crippen LogP contribution >= 0.6 is 11.3 Å². The number of hydrogen-bond acceptors (Lipinski definition) is 4. The first kappa shape index (κ1) is 11.2. The Balaban J connectivity index is 1.49. The van der Waals surface area contributed by atoms with Gasteiger partial charge in [0.1, 0.15) is 0 Å². The summed E-state index contributed by atoms with van der Waals surface area (Å²) in [6.45, 7) is 8.23. The van der Waals surface area contributed by atoms with E-state index in [0.717, 1.165) is 13.1 Å². The standard InChI is InChI=1S/C14H21N3S/c1-2-16-7-4-12-11(8-16)15-13(18-12)17-9-14(10-17)5-3-6-14/h2-10H2,1H3. The van der Waals surface area contributed by atoms with E-state index in [9.17, 15) is 0 Å². The van der Waals surface area contributed by atoms with Gasteiger partial charge in [-0.2, -0.15) is 0 Å². The topological polar surface area (TPSA) is 19.4 Å². The molecule has 0 atom stereocenters. The van der Waals surface area contributed by atoms with Crippen LogP contribution in [0.5, 0.6) is 0 Å². The van der Waals surface area contributed by atoms with Crippen LogP contribution in [0.4, 0.5) is 5.13 Å². The van der Waals surface area contributed by atoms with E-state index in [1.807, 2.05) is 11.3 Å². The predicted molar refractivity (Wildman–Crippen MR) is 75.3 cm³/mol. The number of aromatic nitrogens is 1. The summed E-state index contributed by atoms with van der Waals surface area (Å²) in [5.74, 6) is 0. The number of nitrogens with zero attached hydrogens (tertiary/aromatic N) is 3. The van der Waals surface area contributed by atoms with Gasteiger partial charge in [0.05, 0.1) is 5.69 Å². The molecule has 2 aliphatic heterocycles. The lowest BCUT2D eigenvalue weighted by atomic mass is 9.64. The van der Waals surface area contributed by atoms with Crippen molar-refractivity contribution in [1.29, 1.82) is 0 Å². The van der Waals surface area contributed by atoms with E-state index in [-0.39, 0.29) is 0 Å². The quantitative estimate of drug-likeness (QED) is 0.817. The second kappa shape index (κ2) is 3.94. The lowest BCUT2D eigenvalue weighted by molar-refractivity contribution is 0.0903. The Morgan fingerprint density at radius 1 is 1.33 bits per heavy atom. The Morgan fingerprint density at radius 2 is 2.17 bits per heavy atom. The Kier molecular flexibility index (Phi) is 2.46. The van der Waals surface area contributed by atoms with Crippen molar-refractivity contribution in [2.24, 2.45) is 5.41 Å². The minimum absolute atomic E-state index is 0.710. The predicted octanol–water partition coefficient (Wildman–Crippen LogP) is 2.51. The van der Waals surface area contributed by atoms with Crippen molar-refractivity contribution in [3.05, 3.63) is 10.6 Å². The van der Waals surface area contributed by atoms with Crippen LogP contribution in [0.3, 0.4) is 0 Å². The third-order valence-electron chi connectivity index (χ3n) is 4.98. The molecule has 0 aromatic carbocycles. The minimum atomic E-state index is 0.710. The Hall–Kier alpha value is -0.610. The summed E-state index contributed by atoms with van der Waals surface area (Å²) in [5.41, 5.74) is 2.07. The molecule has 0 radical (unpaired) electrons. The van der Waals surface area contributed by atoms with E-state index in [1.54, 1.807) is 4.88 Å². The maximum atomic E-state index is 4.90. The largest absolute Gasteiger partial charge is 0.347 e. The van der Waals surface area contributed by atoms with Crippen LogP contribution < -0.4 is 4.90 Å². The molecular weight excluding hydrogens is 242 g/mol. The average Bonchev–Trinajstić information content (AvgIpc) is 2.67. The summed E-state index contributed by atoms with van der Waals surface area (Å²) in [4.78, 5) is 11.5. The summed E-state index contributed by atoms with van der Waals surface area (Å²) >= 11 is 1.96. The molecule has 1 aliphatic carbocycles. The Bertz CT molecular complexity index is 456. The molecule has 0 unspecified atom stereocenters. The highest BCUT2D eigenvalue weighted by atomic mass is 32.1. The highest BCUT2D eigenvalue weighted by Crippen LogP contribution is 2.50. The first-order valence-electron chi connectivity index (χ1n) is 7.24. The molecule has 2 fully saturated rings. The molecule has 1 saturated carbocycles. The summed E-state index contributed by atoms with van der Waals surface area (Å²) in [7, 11) is 0. The summed E-state index contributed by atoms with van der Waals surface area (Å²) in [5, 5.41) is 1.30. The smallest absolute Gasteiger partial charge is 0.185 e. The fraction of sp³-hybridized carbons (Fsp3) is 0.786. The van der Waals surface area contributed by atoms with Crippen molar-refractivity contribution in [3.63, 3.8) is 0 Å². The van der Waals surface area contributed by atoms with Gasteiger partial charge >= 0.3 is 0 Å². The Morgan fingerprint density at radius 3 is 2.83 bits per heavy atom. The van der Waals surface area contributed by atoms with Crippen molar-refractivity contribution < 1.29 is 0 Å². The van der Waals surface area contributed by atoms with Gasteiger partial charge in [-0.15, -0.1) is 11.3 Å². The van der Waals surface area contributed by atoms with E-state index < -0.39 is 0 Å². The van der Waals surface area contributed by atoms with Crippen molar-refractivity contribution in [1.82, 2.24) is 9.88 Å². The molecule has 18 heavy (non-hydrogen) atoms.